The molecule has 0 N–H and O–H groups in total. The maximum absolute atomic E-state index is 14.8. The maximum atomic E-state index is 14.8. The highest BCUT2D eigenvalue weighted by atomic mass is 19.1. The highest BCUT2D eigenvalue weighted by Gasteiger charge is 2.52. The van der Waals surface area contributed by atoms with Gasteiger partial charge >= 0.3 is 0 Å². The summed E-state index contributed by atoms with van der Waals surface area (Å²) in [5.74, 6) is -0.178. The van der Waals surface area contributed by atoms with E-state index in [1.165, 1.54) is 0 Å². The lowest BCUT2D eigenvalue weighted by atomic mass is 9.82. The SMILES string of the molecule is C[C@H]1CO[C@@H]2CO[C@@H](c3ccccc3)OC2[C@@]1(C)F. The van der Waals surface area contributed by atoms with Gasteiger partial charge in [-0.1, -0.05) is 37.3 Å². The molecule has 4 heteroatoms. The van der Waals surface area contributed by atoms with Crippen molar-refractivity contribution in [2.75, 3.05) is 13.2 Å². The van der Waals surface area contributed by atoms with E-state index in [-0.39, 0.29) is 12.0 Å². The Bertz CT molecular complexity index is 434. The van der Waals surface area contributed by atoms with Crippen LogP contribution in [0.2, 0.25) is 0 Å². The van der Waals surface area contributed by atoms with Crippen LogP contribution in [0.1, 0.15) is 25.7 Å². The summed E-state index contributed by atoms with van der Waals surface area (Å²) in [6.07, 6.45) is -1.40. The van der Waals surface area contributed by atoms with Gasteiger partial charge in [-0.05, 0) is 6.92 Å². The van der Waals surface area contributed by atoms with Crippen LogP contribution < -0.4 is 0 Å². The first-order valence-corrected chi connectivity index (χ1v) is 6.71. The summed E-state index contributed by atoms with van der Waals surface area (Å²) in [6, 6.07) is 9.62. The number of ether oxygens (including phenoxy) is 3. The Kier molecular flexibility index (Phi) is 3.33. The monoisotopic (exact) mass is 266 g/mol. The Hall–Kier alpha value is -0.970. The van der Waals surface area contributed by atoms with Gasteiger partial charge in [0.05, 0.1) is 13.2 Å². The molecular formula is C15H19FO3. The van der Waals surface area contributed by atoms with Gasteiger partial charge in [-0.25, -0.2) is 4.39 Å². The van der Waals surface area contributed by atoms with Crippen molar-refractivity contribution < 1.29 is 18.6 Å². The van der Waals surface area contributed by atoms with Gasteiger partial charge in [-0.15, -0.1) is 0 Å². The summed E-state index contributed by atoms with van der Waals surface area (Å²) in [4.78, 5) is 0. The van der Waals surface area contributed by atoms with Crippen LogP contribution in [0.25, 0.3) is 0 Å². The Labute approximate surface area is 112 Å². The Morgan fingerprint density at radius 1 is 1.16 bits per heavy atom. The lowest BCUT2D eigenvalue weighted by molar-refractivity contribution is -0.317. The zero-order valence-electron chi connectivity index (χ0n) is 11.2. The lowest BCUT2D eigenvalue weighted by Crippen LogP contribution is -2.60. The third-order valence-electron chi connectivity index (χ3n) is 4.17. The second-order valence-electron chi connectivity index (χ2n) is 5.56. The number of fused-ring (bicyclic) bond motifs is 1. The predicted octanol–water partition coefficient (Wildman–Crippen LogP) is 2.86. The van der Waals surface area contributed by atoms with Crippen molar-refractivity contribution in [3.8, 4) is 0 Å². The molecule has 1 aromatic carbocycles. The maximum Gasteiger partial charge on any atom is 0.184 e. The fourth-order valence-corrected chi connectivity index (χ4v) is 2.66. The van der Waals surface area contributed by atoms with E-state index < -0.39 is 18.1 Å². The first-order chi connectivity index (χ1) is 9.09. The Morgan fingerprint density at radius 3 is 2.63 bits per heavy atom. The van der Waals surface area contributed by atoms with Gasteiger partial charge in [0.15, 0.2) is 6.29 Å². The van der Waals surface area contributed by atoms with Crippen LogP contribution >= 0.6 is 0 Å². The molecule has 0 aliphatic carbocycles. The molecule has 2 fully saturated rings. The number of rotatable bonds is 1. The topological polar surface area (TPSA) is 27.7 Å². The molecule has 1 unspecified atom stereocenters. The first-order valence-electron chi connectivity index (χ1n) is 6.71. The summed E-state index contributed by atoms with van der Waals surface area (Å²) in [5, 5.41) is 0. The van der Waals surface area contributed by atoms with Crippen LogP contribution in [0.3, 0.4) is 0 Å². The van der Waals surface area contributed by atoms with Crippen LogP contribution in [0.5, 0.6) is 0 Å². The smallest absolute Gasteiger partial charge is 0.184 e. The first kappa shape index (κ1) is 13.0. The molecule has 2 aliphatic rings. The highest BCUT2D eigenvalue weighted by Crippen LogP contribution is 2.41. The zero-order valence-corrected chi connectivity index (χ0v) is 11.2. The molecule has 0 aromatic heterocycles. The molecule has 0 amide bonds. The number of hydrogen-bond acceptors (Lipinski definition) is 3. The van der Waals surface area contributed by atoms with Gasteiger partial charge in [-0.2, -0.15) is 0 Å². The summed E-state index contributed by atoms with van der Waals surface area (Å²) in [7, 11) is 0. The van der Waals surface area contributed by atoms with Crippen LogP contribution in [0.4, 0.5) is 4.39 Å². The number of halogens is 1. The minimum atomic E-state index is -1.39. The molecule has 0 radical (unpaired) electrons. The van der Waals surface area contributed by atoms with Crippen molar-refractivity contribution in [2.45, 2.75) is 38.0 Å². The fourth-order valence-electron chi connectivity index (χ4n) is 2.66. The molecule has 0 saturated carbocycles. The normalized spacial score (nSPS) is 42.7. The van der Waals surface area contributed by atoms with E-state index in [2.05, 4.69) is 0 Å². The molecule has 3 nitrogen and oxygen atoms in total. The Balaban J connectivity index is 1.81. The average Bonchev–Trinajstić information content (AvgIpc) is 2.44. The van der Waals surface area contributed by atoms with Crippen molar-refractivity contribution in [1.82, 2.24) is 0 Å². The van der Waals surface area contributed by atoms with E-state index >= 15 is 0 Å². The summed E-state index contributed by atoms with van der Waals surface area (Å²) in [6.45, 7) is 4.24. The molecule has 0 spiro atoms. The van der Waals surface area contributed by atoms with Crippen molar-refractivity contribution in [2.24, 2.45) is 5.92 Å². The largest absolute Gasteiger partial charge is 0.373 e. The van der Waals surface area contributed by atoms with Gasteiger partial charge in [-0.3, -0.25) is 0 Å². The van der Waals surface area contributed by atoms with Crippen LogP contribution in [-0.4, -0.2) is 31.1 Å². The van der Waals surface area contributed by atoms with Gasteiger partial charge in [0.25, 0.3) is 0 Å². The molecular weight excluding hydrogens is 247 g/mol. The average molecular weight is 266 g/mol. The predicted molar refractivity (Wildman–Crippen MR) is 68.4 cm³/mol. The molecule has 5 atom stereocenters. The van der Waals surface area contributed by atoms with Crippen LogP contribution in [0.15, 0.2) is 30.3 Å². The van der Waals surface area contributed by atoms with E-state index in [4.69, 9.17) is 14.2 Å². The Morgan fingerprint density at radius 2 is 1.89 bits per heavy atom. The third-order valence-corrected chi connectivity index (χ3v) is 4.17. The third kappa shape index (κ3) is 2.29. The van der Waals surface area contributed by atoms with Crippen LogP contribution in [0, 0.1) is 5.92 Å². The minimum absolute atomic E-state index is 0.178. The van der Waals surface area contributed by atoms with Crippen molar-refractivity contribution in [1.29, 1.82) is 0 Å². The highest BCUT2D eigenvalue weighted by molar-refractivity contribution is 5.17. The molecule has 3 rings (SSSR count). The molecule has 1 aromatic rings. The number of hydrogen-bond donors (Lipinski definition) is 0. The second kappa shape index (κ2) is 4.85. The molecule has 19 heavy (non-hydrogen) atoms. The van der Waals surface area contributed by atoms with E-state index in [1.54, 1.807) is 6.92 Å². The molecule has 2 heterocycles. The van der Waals surface area contributed by atoms with Gasteiger partial charge < -0.3 is 14.2 Å². The van der Waals surface area contributed by atoms with Crippen LogP contribution in [-0.2, 0) is 14.2 Å². The van der Waals surface area contributed by atoms with Crippen molar-refractivity contribution in [3.63, 3.8) is 0 Å². The van der Waals surface area contributed by atoms with Crippen molar-refractivity contribution >= 4 is 0 Å². The summed E-state index contributed by atoms with van der Waals surface area (Å²) >= 11 is 0. The number of benzene rings is 1. The zero-order chi connectivity index (χ0) is 13.5. The molecule has 104 valence electrons. The van der Waals surface area contributed by atoms with E-state index in [0.29, 0.717) is 13.2 Å². The summed E-state index contributed by atoms with van der Waals surface area (Å²) < 4.78 is 31.9. The van der Waals surface area contributed by atoms with E-state index in [9.17, 15) is 4.39 Å². The minimum Gasteiger partial charge on any atom is -0.373 e. The fraction of sp³-hybridized carbons (Fsp3) is 0.600. The second-order valence-corrected chi connectivity index (χ2v) is 5.56. The van der Waals surface area contributed by atoms with E-state index in [1.807, 2.05) is 37.3 Å². The van der Waals surface area contributed by atoms with E-state index in [0.717, 1.165) is 5.56 Å². The van der Waals surface area contributed by atoms with Gasteiger partial charge in [0.2, 0.25) is 0 Å². The van der Waals surface area contributed by atoms with Gasteiger partial charge in [0.1, 0.15) is 17.9 Å². The van der Waals surface area contributed by atoms with Gasteiger partial charge in [0, 0.05) is 11.5 Å². The standard InChI is InChI=1S/C15H19FO3/c1-10-8-17-12-9-18-14(11-6-4-3-5-7-11)19-13(12)15(10,2)16/h3-7,10,12-14H,8-9H2,1-2H3/t10-,12+,13?,14+,15-/m0/s1. The summed E-state index contributed by atoms with van der Waals surface area (Å²) in [5.41, 5.74) is -0.477. The van der Waals surface area contributed by atoms with Crippen molar-refractivity contribution in [3.05, 3.63) is 35.9 Å². The quantitative estimate of drug-likeness (QED) is 0.782. The number of alkyl halides is 1. The molecule has 2 aliphatic heterocycles. The molecule has 0 bridgehead atoms. The molecule has 2 saturated heterocycles. The lowest BCUT2D eigenvalue weighted by Gasteiger charge is -2.48.